The van der Waals surface area contributed by atoms with Gasteiger partial charge in [-0.3, -0.25) is 9.69 Å². The molecular formula is C18H26N2O2. The molecule has 1 atom stereocenters. The maximum atomic E-state index is 12.6. The van der Waals surface area contributed by atoms with Gasteiger partial charge in [-0.25, -0.2) is 0 Å². The molecule has 120 valence electrons. The van der Waals surface area contributed by atoms with Crippen LogP contribution in [0.2, 0.25) is 0 Å². The summed E-state index contributed by atoms with van der Waals surface area (Å²) in [5, 5.41) is 10.0. The first kappa shape index (κ1) is 15.5. The molecule has 1 saturated carbocycles. The van der Waals surface area contributed by atoms with Crippen molar-refractivity contribution in [3.63, 3.8) is 0 Å². The predicted octanol–water partition coefficient (Wildman–Crippen LogP) is 1.83. The third-order valence-electron chi connectivity index (χ3n) is 4.74. The molecule has 0 radical (unpaired) electrons. The maximum absolute atomic E-state index is 12.6. The van der Waals surface area contributed by atoms with E-state index in [-0.39, 0.29) is 12.0 Å². The second kappa shape index (κ2) is 6.39. The van der Waals surface area contributed by atoms with Gasteiger partial charge in [0.05, 0.1) is 6.10 Å². The Kier molecular flexibility index (Phi) is 4.50. The van der Waals surface area contributed by atoms with Gasteiger partial charge in [0.15, 0.2) is 0 Å². The van der Waals surface area contributed by atoms with E-state index in [1.165, 1.54) is 12.8 Å². The average Bonchev–Trinajstić information content (AvgIpc) is 3.31. The van der Waals surface area contributed by atoms with E-state index in [1.807, 2.05) is 30.9 Å². The van der Waals surface area contributed by atoms with Crippen LogP contribution in [0.15, 0.2) is 18.2 Å². The molecule has 1 aliphatic carbocycles. The van der Waals surface area contributed by atoms with Crippen LogP contribution >= 0.6 is 0 Å². The first-order valence-electron chi connectivity index (χ1n) is 8.31. The van der Waals surface area contributed by atoms with Crippen LogP contribution in [-0.4, -0.2) is 59.6 Å². The minimum absolute atomic E-state index is 0.134. The fourth-order valence-corrected chi connectivity index (χ4v) is 3.31. The summed E-state index contributed by atoms with van der Waals surface area (Å²) >= 11 is 0. The van der Waals surface area contributed by atoms with Crippen LogP contribution in [-0.2, 0) is 0 Å². The zero-order valence-corrected chi connectivity index (χ0v) is 13.6. The zero-order chi connectivity index (χ0) is 15.7. The lowest BCUT2D eigenvalue weighted by Gasteiger charge is -2.35. The molecule has 1 heterocycles. The number of carbonyl (C=O) groups excluding carboxylic acids is 1. The number of benzene rings is 1. The molecule has 2 aliphatic rings. The number of aryl methyl sites for hydroxylation is 2. The van der Waals surface area contributed by atoms with Gasteiger partial charge < -0.3 is 10.0 Å². The molecule has 4 heteroatoms. The molecule has 1 aliphatic heterocycles. The van der Waals surface area contributed by atoms with Gasteiger partial charge in [-0.15, -0.1) is 0 Å². The van der Waals surface area contributed by atoms with E-state index in [0.29, 0.717) is 5.92 Å². The molecule has 4 nitrogen and oxygen atoms in total. The molecule has 1 aromatic rings. The summed E-state index contributed by atoms with van der Waals surface area (Å²) in [5.41, 5.74) is 3.06. The highest BCUT2D eigenvalue weighted by atomic mass is 16.3. The minimum Gasteiger partial charge on any atom is -0.392 e. The molecule has 3 rings (SSSR count). The van der Waals surface area contributed by atoms with E-state index < -0.39 is 0 Å². The SMILES string of the molecule is Cc1cc(C)cc(C(=O)N2CCN(C[C@@H](O)C3CC3)CC2)c1. The summed E-state index contributed by atoms with van der Waals surface area (Å²) in [6, 6.07) is 6.03. The Balaban J connectivity index is 1.55. The lowest BCUT2D eigenvalue weighted by Crippen LogP contribution is -2.50. The highest BCUT2D eigenvalue weighted by molar-refractivity contribution is 5.94. The summed E-state index contributed by atoms with van der Waals surface area (Å²) < 4.78 is 0. The Hall–Kier alpha value is -1.39. The fraction of sp³-hybridized carbons (Fsp3) is 0.611. The summed E-state index contributed by atoms with van der Waals surface area (Å²) in [6.07, 6.45) is 2.17. The normalized spacial score (nSPS) is 21.0. The third-order valence-corrected chi connectivity index (χ3v) is 4.74. The Bertz CT molecular complexity index is 526. The number of aliphatic hydroxyl groups is 1. The van der Waals surface area contributed by atoms with Crippen molar-refractivity contribution < 1.29 is 9.90 Å². The van der Waals surface area contributed by atoms with Gasteiger partial charge in [-0.05, 0) is 44.7 Å². The summed E-state index contributed by atoms with van der Waals surface area (Å²) in [5.74, 6) is 0.657. The minimum atomic E-state index is -0.179. The molecule has 0 aromatic heterocycles. The average molecular weight is 302 g/mol. The first-order valence-corrected chi connectivity index (χ1v) is 8.31. The monoisotopic (exact) mass is 302 g/mol. The Morgan fingerprint density at radius 1 is 1.14 bits per heavy atom. The number of nitrogens with zero attached hydrogens (tertiary/aromatic N) is 2. The van der Waals surface area contributed by atoms with Crippen molar-refractivity contribution in [3.8, 4) is 0 Å². The number of hydrogen-bond donors (Lipinski definition) is 1. The predicted molar refractivity (Wildman–Crippen MR) is 87.0 cm³/mol. The Morgan fingerprint density at radius 3 is 2.27 bits per heavy atom. The summed E-state index contributed by atoms with van der Waals surface area (Å²) in [7, 11) is 0. The van der Waals surface area contributed by atoms with Crippen molar-refractivity contribution in [2.75, 3.05) is 32.7 Å². The van der Waals surface area contributed by atoms with Crippen LogP contribution in [0.4, 0.5) is 0 Å². The van der Waals surface area contributed by atoms with E-state index in [4.69, 9.17) is 0 Å². The van der Waals surface area contributed by atoms with Gasteiger partial charge in [0, 0.05) is 38.3 Å². The quantitative estimate of drug-likeness (QED) is 0.923. The van der Waals surface area contributed by atoms with Crippen molar-refractivity contribution in [1.29, 1.82) is 0 Å². The van der Waals surface area contributed by atoms with E-state index in [0.717, 1.165) is 49.4 Å². The molecule has 0 bridgehead atoms. The largest absolute Gasteiger partial charge is 0.392 e. The van der Waals surface area contributed by atoms with Crippen LogP contribution in [0.3, 0.4) is 0 Å². The van der Waals surface area contributed by atoms with Crippen molar-refractivity contribution in [2.45, 2.75) is 32.8 Å². The standard InChI is InChI=1S/C18H26N2O2/c1-13-9-14(2)11-16(10-13)18(22)20-7-5-19(6-8-20)12-17(21)15-3-4-15/h9-11,15,17,21H,3-8,12H2,1-2H3/t17-/m1/s1. The van der Waals surface area contributed by atoms with Gasteiger partial charge >= 0.3 is 0 Å². The van der Waals surface area contributed by atoms with Gasteiger partial charge in [0.1, 0.15) is 0 Å². The number of β-amino-alcohol motifs (C(OH)–C–C–N with tert-alkyl or cyclic N) is 1. The van der Waals surface area contributed by atoms with E-state index in [9.17, 15) is 9.90 Å². The molecule has 1 saturated heterocycles. The van der Waals surface area contributed by atoms with Crippen molar-refractivity contribution in [3.05, 3.63) is 34.9 Å². The molecular weight excluding hydrogens is 276 g/mol. The molecule has 1 N–H and O–H groups in total. The Morgan fingerprint density at radius 2 is 1.73 bits per heavy atom. The van der Waals surface area contributed by atoms with E-state index in [1.54, 1.807) is 0 Å². The third kappa shape index (κ3) is 3.68. The van der Waals surface area contributed by atoms with Crippen molar-refractivity contribution in [1.82, 2.24) is 9.80 Å². The van der Waals surface area contributed by atoms with Gasteiger partial charge in [-0.1, -0.05) is 17.2 Å². The fourth-order valence-electron chi connectivity index (χ4n) is 3.31. The molecule has 22 heavy (non-hydrogen) atoms. The highest BCUT2D eigenvalue weighted by Crippen LogP contribution is 2.32. The topological polar surface area (TPSA) is 43.8 Å². The van der Waals surface area contributed by atoms with Gasteiger partial charge in [-0.2, -0.15) is 0 Å². The van der Waals surface area contributed by atoms with E-state index in [2.05, 4.69) is 11.0 Å². The van der Waals surface area contributed by atoms with Crippen molar-refractivity contribution in [2.24, 2.45) is 5.92 Å². The number of amides is 1. The second-order valence-corrected chi connectivity index (χ2v) is 6.87. The first-order chi connectivity index (χ1) is 10.5. The Labute approximate surface area is 132 Å². The lowest BCUT2D eigenvalue weighted by atomic mass is 10.1. The molecule has 1 amide bonds. The van der Waals surface area contributed by atoms with Crippen molar-refractivity contribution >= 4 is 5.91 Å². The zero-order valence-electron chi connectivity index (χ0n) is 13.6. The summed E-state index contributed by atoms with van der Waals surface area (Å²) in [6.45, 7) is 8.05. The van der Waals surface area contributed by atoms with Gasteiger partial charge in [0.25, 0.3) is 5.91 Å². The number of hydrogen-bond acceptors (Lipinski definition) is 3. The smallest absolute Gasteiger partial charge is 0.253 e. The number of rotatable bonds is 4. The van der Waals surface area contributed by atoms with Crippen LogP contribution in [0, 0.1) is 19.8 Å². The molecule has 2 fully saturated rings. The molecule has 1 aromatic carbocycles. The number of carbonyl (C=O) groups is 1. The molecule has 0 unspecified atom stereocenters. The van der Waals surface area contributed by atoms with Crippen LogP contribution in [0.25, 0.3) is 0 Å². The maximum Gasteiger partial charge on any atom is 0.253 e. The lowest BCUT2D eigenvalue weighted by molar-refractivity contribution is 0.0488. The van der Waals surface area contributed by atoms with Gasteiger partial charge in [0.2, 0.25) is 0 Å². The summed E-state index contributed by atoms with van der Waals surface area (Å²) in [4.78, 5) is 16.8. The van der Waals surface area contributed by atoms with Crippen LogP contribution in [0.1, 0.15) is 34.3 Å². The van der Waals surface area contributed by atoms with Crippen LogP contribution < -0.4 is 0 Å². The number of aliphatic hydroxyl groups excluding tert-OH is 1. The van der Waals surface area contributed by atoms with Crippen LogP contribution in [0.5, 0.6) is 0 Å². The second-order valence-electron chi connectivity index (χ2n) is 6.87. The number of piperazine rings is 1. The van der Waals surface area contributed by atoms with E-state index >= 15 is 0 Å². The highest BCUT2D eigenvalue weighted by Gasteiger charge is 2.32. The molecule has 0 spiro atoms.